The van der Waals surface area contributed by atoms with E-state index in [9.17, 15) is 19.1 Å². The van der Waals surface area contributed by atoms with E-state index in [2.05, 4.69) is 0 Å². The van der Waals surface area contributed by atoms with E-state index >= 15 is 0 Å². The van der Waals surface area contributed by atoms with Crippen LogP contribution in [-0.2, 0) is 4.57 Å². The van der Waals surface area contributed by atoms with Crippen molar-refractivity contribution in [3.8, 4) is 17.2 Å². The highest BCUT2D eigenvalue weighted by Gasteiger charge is 2.24. The highest BCUT2D eigenvalue weighted by molar-refractivity contribution is 7.60. The molecule has 0 aliphatic carbocycles. The van der Waals surface area contributed by atoms with Gasteiger partial charge in [0.2, 0.25) is 6.79 Å². The Hall–Kier alpha value is -2.34. The Morgan fingerprint density at radius 2 is 1.82 bits per heavy atom. The summed E-state index contributed by atoms with van der Waals surface area (Å²) in [6.07, 6.45) is 0. The molecule has 2 N–H and O–H groups in total. The Balaban J connectivity index is 1.88. The van der Waals surface area contributed by atoms with E-state index in [0.717, 1.165) is 0 Å². The van der Waals surface area contributed by atoms with Crippen LogP contribution in [0.2, 0.25) is 0 Å². The molecule has 0 aromatic heterocycles. The number of hydrogen-bond donors (Lipinski definition) is 2. The van der Waals surface area contributed by atoms with Crippen molar-refractivity contribution in [1.29, 1.82) is 0 Å². The third-order valence-electron chi connectivity index (χ3n) is 2.99. The summed E-state index contributed by atoms with van der Waals surface area (Å²) >= 11 is 0. The van der Waals surface area contributed by atoms with Gasteiger partial charge in [0.25, 0.3) is 0 Å². The lowest BCUT2D eigenvalue weighted by molar-refractivity contribution is 0.0736. The average Bonchev–Trinajstić information content (AvgIpc) is 2.94. The van der Waals surface area contributed by atoms with Crippen LogP contribution in [0.1, 0.15) is 10.4 Å². The van der Waals surface area contributed by atoms with E-state index in [1.807, 2.05) is 0 Å². The van der Waals surface area contributed by atoms with E-state index in [4.69, 9.17) is 14.2 Å². The quantitative estimate of drug-likeness (QED) is 0.501. The van der Waals surface area contributed by atoms with Crippen molar-refractivity contribution in [2.24, 2.45) is 0 Å². The van der Waals surface area contributed by atoms with Crippen LogP contribution in [0.15, 0.2) is 42.5 Å². The topological polar surface area (TPSA) is 102 Å². The maximum absolute atomic E-state index is 12.1. The van der Waals surface area contributed by atoms with Crippen molar-refractivity contribution in [2.75, 3.05) is 6.79 Å². The summed E-state index contributed by atoms with van der Waals surface area (Å²) in [6.45, 7) is 0.0782. The van der Waals surface area contributed by atoms with Crippen LogP contribution < -0.4 is 19.5 Å². The molecular formula is C14H11O7P. The minimum absolute atomic E-state index is 0.0782. The molecule has 0 unspecified atom stereocenters. The van der Waals surface area contributed by atoms with Gasteiger partial charge in [0.1, 0.15) is 11.1 Å². The predicted molar refractivity (Wildman–Crippen MR) is 75.6 cm³/mol. The van der Waals surface area contributed by atoms with Gasteiger partial charge in [-0.1, -0.05) is 12.1 Å². The molecule has 1 aliphatic rings. The molecule has 0 radical (unpaired) electrons. The Morgan fingerprint density at radius 3 is 2.59 bits per heavy atom. The Kier molecular flexibility index (Phi) is 3.62. The number of para-hydroxylation sites is 1. The third-order valence-corrected chi connectivity index (χ3v) is 3.99. The van der Waals surface area contributed by atoms with Gasteiger partial charge in [0.05, 0.1) is 5.56 Å². The number of carbonyl (C=O) groups is 1. The molecule has 1 heterocycles. The smallest absolute Gasteiger partial charge is 0.359 e. The van der Waals surface area contributed by atoms with E-state index in [0.29, 0.717) is 11.5 Å². The second-order valence-corrected chi connectivity index (χ2v) is 6.04. The van der Waals surface area contributed by atoms with E-state index in [1.165, 1.54) is 36.4 Å². The lowest BCUT2D eigenvalue weighted by atomic mass is 10.2. The largest absolute Gasteiger partial charge is 0.454 e. The normalized spacial score (nSPS) is 13.0. The van der Waals surface area contributed by atoms with Gasteiger partial charge in [-0.2, -0.15) is 0 Å². The Bertz CT molecular complexity index is 781. The second kappa shape index (κ2) is 5.46. The average molecular weight is 322 g/mol. The zero-order chi connectivity index (χ0) is 15.7. The number of esters is 1. The molecule has 0 bridgehead atoms. The molecule has 3 rings (SSSR count). The first-order valence-electron chi connectivity index (χ1n) is 6.22. The molecule has 114 valence electrons. The summed E-state index contributed by atoms with van der Waals surface area (Å²) in [5.41, 5.74) is 0.185. The molecule has 0 saturated heterocycles. The van der Waals surface area contributed by atoms with Gasteiger partial charge < -0.3 is 24.0 Å². The van der Waals surface area contributed by atoms with Gasteiger partial charge in [-0.3, -0.25) is 4.57 Å². The number of benzene rings is 2. The summed E-state index contributed by atoms with van der Waals surface area (Å²) in [5, 5.41) is -0.343. The fourth-order valence-electron chi connectivity index (χ4n) is 1.97. The number of ether oxygens (including phenoxy) is 3. The number of fused-ring (bicyclic) bond motifs is 1. The van der Waals surface area contributed by atoms with Gasteiger partial charge in [0.15, 0.2) is 11.5 Å². The van der Waals surface area contributed by atoms with Gasteiger partial charge in [-0.05, 0) is 30.3 Å². The molecule has 1 aliphatic heterocycles. The summed E-state index contributed by atoms with van der Waals surface area (Å²) in [5.74, 6) is 0.00240. The molecule has 2 aromatic rings. The lowest BCUT2D eigenvalue weighted by Gasteiger charge is -2.11. The van der Waals surface area contributed by atoms with Crippen LogP contribution in [0, 0.1) is 0 Å². The number of hydrogen-bond acceptors (Lipinski definition) is 5. The summed E-state index contributed by atoms with van der Waals surface area (Å²) in [4.78, 5) is 30.6. The molecule has 7 nitrogen and oxygen atoms in total. The highest BCUT2D eigenvalue weighted by Crippen LogP contribution is 2.37. The summed E-state index contributed by atoms with van der Waals surface area (Å²) in [6, 6.07) is 9.99. The van der Waals surface area contributed by atoms with Crippen LogP contribution in [0.3, 0.4) is 0 Å². The third kappa shape index (κ3) is 2.82. The Morgan fingerprint density at radius 1 is 1.09 bits per heavy atom. The van der Waals surface area contributed by atoms with Crippen LogP contribution in [0.25, 0.3) is 0 Å². The van der Waals surface area contributed by atoms with Crippen molar-refractivity contribution in [2.45, 2.75) is 0 Å². The fraction of sp³-hybridized carbons (Fsp3) is 0.0714. The molecule has 0 saturated carbocycles. The monoisotopic (exact) mass is 322 g/mol. The van der Waals surface area contributed by atoms with Crippen molar-refractivity contribution in [1.82, 2.24) is 0 Å². The van der Waals surface area contributed by atoms with Crippen molar-refractivity contribution in [3.05, 3.63) is 48.0 Å². The predicted octanol–water partition coefficient (Wildman–Crippen LogP) is 1.44. The summed E-state index contributed by atoms with van der Waals surface area (Å²) in [7, 11) is -4.54. The zero-order valence-corrected chi connectivity index (χ0v) is 12.0. The molecule has 2 aromatic carbocycles. The zero-order valence-electron chi connectivity index (χ0n) is 11.1. The number of carbonyl (C=O) groups excluding carboxylic acids is 1. The molecule has 22 heavy (non-hydrogen) atoms. The fourth-order valence-corrected chi connectivity index (χ4v) is 2.65. The summed E-state index contributed by atoms with van der Waals surface area (Å²) < 4.78 is 26.8. The lowest BCUT2D eigenvalue weighted by Crippen LogP contribution is -2.15. The minimum atomic E-state index is -4.54. The minimum Gasteiger partial charge on any atom is -0.454 e. The molecule has 8 heteroatoms. The first-order chi connectivity index (χ1) is 10.4. The molecule has 0 atom stereocenters. The van der Waals surface area contributed by atoms with Gasteiger partial charge in [-0.25, -0.2) is 4.79 Å². The van der Waals surface area contributed by atoms with Crippen LogP contribution in [0.4, 0.5) is 0 Å². The van der Waals surface area contributed by atoms with Gasteiger partial charge in [0, 0.05) is 0 Å². The first kappa shape index (κ1) is 14.6. The van der Waals surface area contributed by atoms with E-state index < -0.39 is 13.6 Å². The van der Waals surface area contributed by atoms with Crippen molar-refractivity contribution < 1.29 is 33.4 Å². The van der Waals surface area contributed by atoms with Crippen molar-refractivity contribution >= 4 is 18.9 Å². The standard InChI is InChI=1S/C14H11O7P/c15-14(9-5-6-10-12(7-9)20-8-19-10)21-11-3-1-2-4-13(11)22(16,17)18/h1-7H,8H2,(H2,16,17,18). The van der Waals surface area contributed by atoms with Gasteiger partial charge >= 0.3 is 13.6 Å². The van der Waals surface area contributed by atoms with Crippen LogP contribution in [-0.4, -0.2) is 22.5 Å². The van der Waals surface area contributed by atoms with E-state index in [1.54, 1.807) is 6.07 Å². The number of rotatable bonds is 3. The van der Waals surface area contributed by atoms with Crippen LogP contribution >= 0.6 is 7.60 Å². The maximum Gasteiger partial charge on any atom is 0.359 e. The van der Waals surface area contributed by atoms with Crippen molar-refractivity contribution in [3.63, 3.8) is 0 Å². The first-order valence-corrected chi connectivity index (χ1v) is 7.83. The molecule has 0 fully saturated rings. The maximum atomic E-state index is 12.1. The Labute approximate surface area is 125 Å². The van der Waals surface area contributed by atoms with Gasteiger partial charge in [-0.15, -0.1) is 0 Å². The SMILES string of the molecule is O=C(Oc1ccccc1P(=O)(O)O)c1ccc2c(c1)OCO2. The highest BCUT2D eigenvalue weighted by atomic mass is 31.2. The molecule has 0 spiro atoms. The molecule has 0 amide bonds. The van der Waals surface area contributed by atoms with Crippen LogP contribution in [0.5, 0.6) is 17.2 Å². The second-order valence-electron chi connectivity index (χ2n) is 4.47. The van der Waals surface area contributed by atoms with E-state index in [-0.39, 0.29) is 23.4 Å². The molecular weight excluding hydrogens is 311 g/mol.